The number of hydrogen-bond acceptors (Lipinski definition) is 6. The number of hydrogen-bond donors (Lipinski definition) is 2. The minimum atomic E-state index is -3.53. The van der Waals surface area contributed by atoms with Crippen LogP contribution in [0.5, 0.6) is 0 Å². The molecule has 2 N–H and O–H groups in total. The lowest BCUT2D eigenvalue weighted by molar-refractivity contribution is -0.133. The Bertz CT molecular complexity index is 651. The summed E-state index contributed by atoms with van der Waals surface area (Å²) in [7, 11) is -1.65. The molecule has 0 aliphatic carbocycles. The van der Waals surface area contributed by atoms with Crippen LogP contribution in [-0.4, -0.2) is 73.9 Å². The smallest absolute Gasteiger partial charge is 0.238 e. The largest absolute Gasteiger partial charge is 0.381 e. The van der Waals surface area contributed by atoms with Gasteiger partial charge in [-0.2, -0.15) is 0 Å². The van der Waals surface area contributed by atoms with E-state index in [-0.39, 0.29) is 43.3 Å². The van der Waals surface area contributed by atoms with Crippen LogP contribution in [0.1, 0.15) is 18.8 Å². The standard InChI is InChI=1S/C14H25N5O4S.ClH/c1-3-23-8-9-24(21,22)17-11-13(20)19-7-4-15-10-12(19)14-16-5-6-18(14)2;/h5-6,12,15,17H,3-4,7-11H2,1-2H3;1H. The first-order chi connectivity index (χ1) is 11.4. The van der Waals surface area contributed by atoms with E-state index < -0.39 is 10.0 Å². The summed E-state index contributed by atoms with van der Waals surface area (Å²) in [5.41, 5.74) is 0. The van der Waals surface area contributed by atoms with Gasteiger partial charge in [-0.25, -0.2) is 18.1 Å². The van der Waals surface area contributed by atoms with E-state index in [1.54, 1.807) is 18.0 Å². The molecule has 1 aliphatic heterocycles. The summed E-state index contributed by atoms with van der Waals surface area (Å²) in [5.74, 6) is 0.359. The highest BCUT2D eigenvalue weighted by Crippen LogP contribution is 2.20. The summed E-state index contributed by atoms with van der Waals surface area (Å²) in [6, 6.07) is -0.209. The normalized spacial score (nSPS) is 18.0. The lowest BCUT2D eigenvalue weighted by atomic mass is 10.1. The highest BCUT2D eigenvalue weighted by atomic mass is 35.5. The average Bonchev–Trinajstić information content (AvgIpc) is 2.99. The molecule has 0 spiro atoms. The third-order valence-electron chi connectivity index (χ3n) is 3.86. The highest BCUT2D eigenvalue weighted by Gasteiger charge is 2.30. The molecule has 2 heterocycles. The predicted octanol–water partition coefficient (Wildman–Crippen LogP) is -0.729. The summed E-state index contributed by atoms with van der Waals surface area (Å²) in [6.07, 6.45) is 3.51. The van der Waals surface area contributed by atoms with Crippen LogP contribution in [0.3, 0.4) is 0 Å². The predicted molar refractivity (Wildman–Crippen MR) is 96.1 cm³/mol. The van der Waals surface area contributed by atoms with Crippen molar-refractivity contribution in [2.24, 2.45) is 7.05 Å². The molecule has 25 heavy (non-hydrogen) atoms. The van der Waals surface area contributed by atoms with Gasteiger partial charge in [-0.05, 0) is 6.92 Å². The van der Waals surface area contributed by atoms with Crippen molar-refractivity contribution in [2.75, 3.05) is 45.1 Å². The molecular weight excluding hydrogens is 370 g/mol. The third kappa shape index (κ3) is 6.23. The number of rotatable bonds is 8. The molecule has 0 aromatic carbocycles. The molecule has 1 aliphatic rings. The van der Waals surface area contributed by atoms with Crippen molar-refractivity contribution in [1.29, 1.82) is 0 Å². The van der Waals surface area contributed by atoms with E-state index in [0.717, 1.165) is 5.82 Å². The number of ether oxygens (including phenoxy) is 1. The molecule has 0 bridgehead atoms. The van der Waals surface area contributed by atoms with Gasteiger partial charge in [0, 0.05) is 45.7 Å². The number of aromatic nitrogens is 2. The number of aryl methyl sites for hydroxylation is 1. The van der Waals surface area contributed by atoms with Crippen molar-refractivity contribution in [3.05, 3.63) is 18.2 Å². The second kappa shape index (κ2) is 10.1. The van der Waals surface area contributed by atoms with Gasteiger partial charge in [0.25, 0.3) is 0 Å². The van der Waals surface area contributed by atoms with Crippen LogP contribution >= 0.6 is 12.4 Å². The molecular formula is C14H26ClN5O4S. The fourth-order valence-electron chi connectivity index (χ4n) is 2.59. The van der Waals surface area contributed by atoms with Crippen LogP contribution in [0.4, 0.5) is 0 Å². The van der Waals surface area contributed by atoms with Crippen molar-refractivity contribution in [3.8, 4) is 0 Å². The zero-order valence-corrected chi connectivity index (χ0v) is 16.1. The Morgan fingerprint density at radius 1 is 1.52 bits per heavy atom. The number of halogens is 1. The fourth-order valence-corrected chi connectivity index (χ4v) is 3.42. The lowest BCUT2D eigenvalue weighted by Crippen LogP contribution is -2.52. The van der Waals surface area contributed by atoms with Gasteiger partial charge in [0.15, 0.2) is 0 Å². The zero-order chi connectivity index (χ0) is 17.6. The number of sulfonamides is 1. The average molecular weight is 396 g/mol. The summed E-state index contributed by atoms with van der Waals surface area (Å²) in [6.45, 7) is 3.89. The molecule has 9 nitrogen and oxygen atoms in total. The lowest BCUT2D eigenvalue weighted by Gasteiger charge is -2.35. The van der Waals surface area contributed by atoms with Crippen LogP contribution in [0.25, 0.3) is 0 Å². The van der Waals surface area contributed by atoms with Crippen LogP contribution in [0, 0.1) is 0 Å². The quantitative estimate of drug-likeness (QED) is 0.562. The Hall–Kier alpha value is -1.20. The SMILES string of the molecule is CCOCCS(=O)(=O)NCC(=O)N1CCNCC1c1nccn1C.Cl. The van der Waals surface area contributed by atoms with E-state index in [1.165, 1.54) is 0 Å². The van der Waals surface area contributed by atoms with E-state index in [4.69, 9.17) is 4.74 Å². The molecule has 2 rings (SSSR count). The number of imidazole rings is 1. The molecule has 144 valence electrons. The van der Waals surface area contributed by atoms with Crippen molar-refractivity contribution < 1.29 is 17.9 Å². The van der Waals surface area contributed by atoms with Gasteiger partial charge in [0.2, 0.25) is 15.9 Å². The highest BCUT2D eigenvalue weighted by molar-refractivity contribution is 7.89. The minimum Gasteiger partial charge on any atom is -0.381 e. The number of nitrogens with zero attached hydrogens (tertiary/aromatic N) is 3. The molecule has 1 amide bonds. The number of carbonyl (C=O) groups excluding carboxylic acids is 1. The topological polar surface area (TPSA) is 106 Å². The van der Waals surface area contributed by atoms with Gasteiger partial charge >= 0.3 is 0 Å². The Labute approximate surface area is 154 Å². The third-order valence-corrected chi connectivity index (χ3v) is 5.15. The second-order valence-corrected chi connectivity index (χ2v) is 7.47. The molecule has 11 heteroatoms. The molecule has 0 saturated carbocycles. The van der Waals surface area contributed by atoms with Crippen molar-refractivity contribution in [3.63, 3.8) is 0 Å². The van der Waals surface area contributed by atoms with Crippen LogP contribution in [0.2, 0.25) is 0 Å². The second-order valence-electron chi connectivity index (χ2n) is 5.54. The maximum Gasteiger partial charge on any atom is 0.238 e. The van der Waals surface area contributed by atoms with E-state index in [2.05, 4.69) is 15.0 Å². The monoisotopic (exact) mass is 395 g/mol. The van der Waals surface area contributed by atoms with Gasteiger partial charge in [0.1, 0.15) is 11.9 Å². The van der Waals surface area contributed by atoms with E-state index in [1.807, 2.05) is 17.8 Å². The van der Waals surface area contributed by atoms with Gasteiger partial charge in [-0.3, -0.25) is 4.79 Å². The maximum atomic E-state index is 12.5. The minimum absolute atomic E-state index is 0. The molecule has 1 saturated heterocycles. The molecule has 1 aromatic rings. The number of carbonyl (C=O) groups is 1. The van der Waals surface area contributed by atoms with E-state index in [0.29, 0.717) is 26.2 Å². The van der Waals surface area contributed by atoms with Crippen molar-refractivity contribution in [2.45, 2.75) is 13.0 Å². The molecule has 1 aromatic heterocycles. The van der Waals surface area contributed by atoms with Crippen LogP contribution in [-0.2, 0) is 26.6 Å². The molecule has 1 atom stereocenters. The van der Waals surface area contributed by atoms with Crippen molar-refractivity contribution >= 4 is 28.3 Å². The van der Waals surface area contributed by atoms with Gasteiger partial charge < -0.3 is 19.5 Å². The molecule has 1 fully saturated rings. The van der Waals surface area contributed by atoms with Crippen LogP contribution in [0.15, 0.2) is 12.4 Å². The summed E-state index contributed by atoms with van der Waals surface area (Å²) >= 11 is 0. The first kappa shape index (κ1) is 21.8. The summed E-state index contributed by atoms with van der Waals surface area (Å²) in [5, 5.41) is 3.24. The Morgan fingerprint density at radius 2 is 2.28 bits per heavy atom. The fraction of sp³-hybridized carbons (Fsp3) is 0.714. The summed E-state index contributed by atoms with van der Waals surface area (Å²) < 4.78 is 33.0. The zero-order valence-electron chi connectivity index (χ0n) is 14.5. The number of piperazine rings is 1. The summed E-state index contributed by atoms with van der Waals surface area (Å²) in [4.78, 5) is 18.5. The van der Waals surface area contributed by atoms with Gasteiger partial charge in [-0.1, -0.05) is 0 Å². The van der Waals surface area contributed by atoms with E-state index >= 15 is 0 Å². The van der Waals surface area contributed by atoms with E-state index in [9.17, 15) is 13.2 Å². The molecule has 0 radical (unpaired) electrons. The Morgan fingerprint density at radius 3 is 2.92 bits per heavy atom. The van der Waals surface area contributed by atoms with Crippen molar-refractivity contribution in [1.82, 2.24) is 24.5 Å². The first-order valence-electron chi connectivity index (χ1n) is 7.97. The van der Waals surface area contributed by atoms with Gasteiger partial charge in [0.05, 0.1) is 18.9 Å². The maximum absolute atomic E-state index is 12.5. The number of amides is 1. The van der Waals surface area contributed by atoms with Crippen LogP contribution < -0.4 is 10.0 Å². The molecule has 1 unspecified atom stereocenters. The van der Waals surface area contributed by atoms with Gasteiger partial charge in [-0.15, -0.1) is 12.4 Å². The first-order valence-corrected chi connectivity index (χ1v) is 9.62. The number of nitrogens with one attached hydrogen (secondary N) is 2. The Balaban J connectivity index is 0.00000312. The Kier molecular flexibility index (Phi) is 8.80.